The van der Waals surface area contributed by atoms with E-state index in [0.29, 0.717) is 0 Å². The lowest BCUT2D eigenvalue weighted by Crippen LogP contribution is -2.04. The van der Waals surface area contributed by atoms with Crippen LogP contribution in [0.1, 0.15) is 72.1 Å². The molecule has 96 valence electrons. The highest BCUT2D eigenvalue weighted by Gasteiger charge is 2.05. The maximum Gasteiger partial charge on any atom is 0.0719 e. The monoisotopic (exact) mass is 226 g/mol. The van der Waals surface area contributed by atoms with Crippen LogP contribution in [-0.4, -0.2) is 11.2 Å². The Morgan fingerprint density at radius 1 is 1.06 bits per heavy atom. The molecule has 16 heavy (non-hydrogen) atoms. The van der Waals surface area contributed by atoms with Crippen LogP contribution in [-0.2, 0) is 0 Å². The Labute approximate surface area is 102 Å². The minimum atomic E-state index is -0.333. The second-order valence-electron chi connectivity index (χ2n) is 5.18. The molecule has 0 aliphatic carbocycles. The highest BCUT2D eigenvalue weighted by molar-refractivity contribution is 4.99. The van der Waals surface area contributed by atoms with Crippen LogP contribution in [0.25, 0.3) is 0 Å². The molecule has 0 spiro atoms. The summed E-state index contributed by atoms with van der Waals surface area (Å²) in [6, 6.07) is 0. The maximum absolute atomic E-state index is 9.29. The van der Waals surface area contributed by atoms with E-state index in [1.54, 1.807) is 6.92 Å². The summed E-state index contributed by atoms with van der Waals surface area (Å²) in [4.78, 5) is 0. The molecule has 0 bridgehead atoms. The summed E-state index contributed by atoms with van der Waals surface area (Å²) in [6.07, 6.45) is 9.94. The normalized spacial score (nSPS) is 14.8. The SMILES string of the molecule is C=C(CCCC(C)CCCCCC)[C@H](C)O. The van der Waals surface area contributed by atoms with Crippen LogP contribution in [0, 0.1) is 5.92 Å². The third-order valence-corrected chi connectivity index (χ3v) is 3.34. The first kappa shape index (κ1) is 15.7. The number of aliphatic hydroxyl groups excluding tert-OH is 1. The van der Waals surface area contributed by atoms with Crippen LogP contribution >= 0.6 is 0 Å². The Kier molecular flexibility index (Phi) is 9.71. The van der Waals surface area contributed by atoms with Gasteiger partial charge in [-0.2, -0.15) is 0 Å². The van der Waals surface area contributed by atoms with Crippen LogP contribution < -0.4 is 0 Å². The molecule has 0 radical (unpaired) electrons. The zero-order chi connectivity index (χ0) is 12.4. The second kappa shape index (κ2) is 9.89. The molecule has 0 saturated heterocycles. The third kappa shape index (κ3) is 8.96. The van der Waals surface area contributed by atoms with Gasteiger partial charge in [-0.25, -0.2) is 0 Å². The van der Waals surface area contributed by atoms with E-state index in [9.17, 15) is 5.11 Å². The van der Waals surface area contributed by atoms with Crippen molar-refractivity contribution in [2.24, 2.45) is 5.92 Å². The first-order chi connectivity index (χ1) is 7.57. The average Bonchev–Trinajstić information content (AvgIpc) is 2.24. The summed E-state index contributed by atoms with van der Waals surface area (Å²) >= 11 is 0. The van der Waals surface area contributed by atoms with Crippen LogP contribution in [0.2, 0.25) is 0 Å². The molecule has 0 rings (SSSR count). The largest absolute Gasteiger partial charge is 0.389 e. The van der Waals surface area contributed by atoms with Crippen LogP contribution in [0.15, 0.2) is 12.2 Å². The number of aliphatic hydroxyl groups is 1. The highest BCUT2D eigenvalue weighted by Crippen LogP contribution is 2.18. The molecule has 1 heteroatoms. The van der Waals surface area contributed by atoms with E-state index in [0.717, 1.165) is 17.9 Å². The minimum absolute atomic E-state index is 0.333. The van der Waals surface area contributed by atoms with Gasteiger partial charge in [-0.1, -0.05) is 59.0 Å². The quantitative estimate of drug-likeness (QED) is 0.423. The molecule has 0 fully saturated rings. The van der Waals surface area contributed by atoms with Crippen molar-refractivity contribution in [2.45, 2.75) is 78.2 Å². The smallest absolute Gasteiger partial charge is 0.0719 e. The predicted octanol–water partition coefficient (Wildman–Crippen LogP) is 4.70. The first-order valence-electron chi connectivity index (χ1n) is 6.93. The molecule has 0 saturated carbocycles. The molecule has 0 amide bonds. The van der Waals surface area contributed by atoms with Crippen molar-refractivity contribution in [3.05, 3.63) is 12.2 Å². The molecule has 0 heterocycles. The molecule has 0 aliphatic heterocycles. The zero-order valence-electron chi connectivity index (χ0n) is 11.5. The summed E-state index contributed by atoms with van der Waals surface area (Å²) in [5.74, 6) is 0.832. The number of unbranched alkanes of at least 4 members (excludes halogenated alkanes) is 3. The number of hydrogen-bond donors (Lipinski definition) is 1. The van der Waals surface area contributed by atoms with Gasteiger partial charge in [0.2, 0.25) is 0 Å². The fraction of sp³-hybridized carbons (Fsp3) is 0.867. The molecular formula is C15H30O. The molecule has 2 atom stereocenters. The number of rotatable bonds is 10. The van der Waals surface area contributed by atoms with Crippen LogP contribution in [0.5, 0.6) is 0 Å². The summed E-state index contributed by atoms with van der Waals surface area (Å²) < 4.78 is 0. The number of hydrogen-bond acceptors (Lipinski definition) is 1. The Morgan fingerprint density at radius 2 is 1.69 bits per heavy atom. The fourth-order valence-electron chi connectivity index (χ4n) is 1.95. The molecular weight excluding hydrogens is 196 g/mol. The molecule has 1 nitrogen and oxygen atoms in total. The molecule has 0 aromatic heterocycles. The first-order valence-corrected chi connectivity index (χ1v) is 6.93. The van der Waals surface area contributed by atoms with Gasteiger partial charge >= 0.3 is 0 Å². The van der Waals surface area contributed by atoms with Crippen molar-refractivity contribution in [3.63, 3.8) is 0 Å². The lowest BCUT2D eigenvalue weighted by atomic mass is 9.95. The minimum Gasteiger partial charge on any atom is -0.389 e. The van der Waals surface area contributed by atoms with Gasteiger partial charge in [0.05, 0.1) is 6.10 Å². The van der Waals surface area contributed by atoms with Gasteiger partial charge in [0.15, 0.2) is 0 Å². The topological polar surface area (TPSA) is 20.2 Å². The van der Waals surface area contributed by atoms with Crippen molar-refractivity contribution in [1.29, 1.82) is 0 Å². The molecule has 0 aromatic carbocycles. The van der Waals surface area contributed by atoms with Crippen LogP contribution in [0.4, 0.5) is 0 Å². The van der Waals surface area contributed by atoms with E-state index in [4.69, 9.17) is 0 Å². The van der Waals surface area contributed by atoms with Gasteiger partial charge < -0.3 is 5.11 Å². The van der Waals surface area contributed by atoms with Crippen molar-refractivity contribution in [1.82, 2.24) is 0 Å². The lowest BCUT2D eigenvalue weighted by Gasteiger charge is -2.12. The Bertz CT molecular complexity index is 172. The van der Waals surface area contributed by atoms with Gasteiger partial charge in [0, 0.05) is 0 Å². The van der Waals surface area contributed by atoms with E-state index < -0.39 is 0 Å². The molecule has 1 N–H and O–H groups in total. The van der Waals surface area contributed by atoms with E-state index in [-0.39, 0.29) is 6.10 Å². The van der Waals surface area contributed by atoms with Gasteiger partial charge in [-0.15, -0.1) is 0 Å². The molecule has 1 unspecified atom stereocenters. The Hall–Kier alpha value is -0.300. The van der Waals surface area contributed by atoms with E-state index >= 15 is 0 Å². The summed E-state index contributed by atoms with van der Waals surface area (Å²) in [5, 5.41) is 9.29. The van der Waals surface area contributed by atoms with Crippen molar-refractivity contribution in [3.8, 4) is 0 Å². The van der Waals surface area contributed by atoms with Gasteiger partial charge in [-0.3, -0.25) is 0 Å². The predicted molar refractivity (Wildman–Crippen MR) is 72.6 cm³/mol. The zero-order valence-corrected chi connectivity index (χ0v) is 11.5. The Morgan fingerprint density at radius 3 is 2.25 bits per heavy atom. The van der Waals surface area contributed by atoms with Crippen molar-refractivity contribution >= 4 is 0 Å². The second-order valence-corrected chi connectivity index (χ2v) is 5.18. The summed E-state index contributed by atoms with van der Waals surface area (Å²) in [5.41, 5.74) is 0.984. The van der Waals surface area contributed by atoms with E-state index in [1.807, 2.05) is 0 Å². The molecule has 0 aromatic rings. The maximum atomic E-state index is 9.29. The Balaban J connectivity index is 3.36. The summed E-state index contributed by atoms with van der Waals surface area (Å²) in [6.45, 7) is 10.3. The highest BCUT2D eigenvalue weighted by atomic mass is 16.3. The average molecular weight is 226 g/mol. The lowest BCUT2D eigenvalue weighted by molar-refractivity contribution is 0.226. The standard InChI is InChI=1S/C15H30O/c1-5-6-7-8-10-13(2)11-9-12-14(3)15(4)16/h13,15-16H,3,5-12H2,1-2,4H3/t13?,15-/m0/s1. The molecule has 0 aliphatic rings. The van der Waals surface area contributed by atoms with E-state index in [1.165, 1.54) is 44.9 Å². The van der Waals surface area contributed by atoms with Gasteiger partial charge in [-0.05, 0) is 31.3 Å². The third-order valence-electron chi connectivity index (χ3n) is 3.34. The van der Waals surface area contributed by atoms with Crippen LogP contribution in [0.3, 0.4) is 0 Å². The van der Waals surface area contributed by atoms with Crippen molar-refractivity contribution in [2.75, 3.05) is 0 Å². The van der Waals surface area contributed by atoms with Crippen molar-refractivity contribution < 1.29 is 5.11 Å². The van der Waals surface area contributed by atoms with Gasteiger partial charge in [0.1, 0.15) is 0 Å². The van der Waals surface area contributed by atoms with E-state index in [2.05, 4.69) is 20.4 Å². The summed E-state index contributed by atoms with van der Waals surface area (Å²) in [7, 11) is 0. The van der Waals surface area contributed by atoms with Gasteiger partial charge in [0.25, 0.3) is 0 Å². The fourth-order valence-corrected chi connectivity index (χ4v) is 1.95.